The number of rotatable bonds is 3. The van der Waals surface area contributed by atoms with Gasteiger partial charge in [-0.1, -0.05) is 11.6 Å². The smallest absolute Gasteiger partial charge is 0.141 e. The van der Waals surface area contributed by atoms with Crippen LogP contribution >= 0.6 is 11.6 Å². The zero-order chi connectivity index (χ0) is 12.4. The Labute approximate surface area is 103 Å². The van der Waals surface area contributed by atoms with Crippen molar-refractivity contribution in [2.24, 2.45) is 7.05 Å². The van der Waals surface area contributed by atoms with Gasteiger partial charge in [0.2, 0.25) is 0 Å². The Morgan fingerprint density at radius 1 is 1.41 bits per heavy atom. The van der Waals surface area contributed by atoms with Crippen LogP contribution in [0.5, 0.6) is 0 Å². The zero-order valence-electron chi connectivity index (χ0n) is 9.48. The van der Waals surface area contributed by atoms with Crippen LogP contribution in [0.3, 0.4) is 0 Å². The summed E-state index contributed by atoms with van der Waals surface area (Å²) in [7, 11) is 3.57. The first kappa shape index (κ1) is 12.0. The molecule has 0 saturated heterocycles. The van der Waals surface area contributed by atoms with Crippen molar-refractivity contribution in [3.8, 4) is 0 Å². The van der Waals surface area contributed by atoms with Gasteiger partial charge in [0.15, 0.2) is 0 Å². The highest BCUT2D eigenvalue weighted by Crippen LogP contribution is 2.27. The lowest BCUT2D eigenvalue weighted by Crippen LogP contribution is -2.21. The van der Waals surface area contributed by atoms with Gasteiger partial charge in [0.1, 0.15) is 5.82 Å². The van der Waals surface area contributed by atoms with Gasteiger partial charge in [0, 0.05) is 13.2 Å². The van der Waals surface area contributed by atoms with E-state index in [4.69, 9.17) is 11.6 Å². The third-order valence-electron chi connectivity index (χ3n) is 2.56. The molecule has 2 aromatic heterocycles. The van der Waals surface area contributed by atoms with Gasteiger partial charge in [-0.25, -0.2) is 4.39 Å². The zero-order valence-corrected chi connectivity index (χ0v) is 10.2. The van der Waals surface area contributed by atoms with Gasteiger partial charge in [-0.15, -0.1) is 0 Å². The lowest BCUT2D eigenvalue weighted by Gasteiger charge is -2.17. The molecule has 0 radical (unpaired) electrons. The van der Waals surface area contributed by atoms with Crippen molar-refractivity contribution in [2.75, 3.05) is 7.05 Å². The van der Waals surface area contributed by atoms with E-state index in [1.54, 1.807) is 31.2 Å². The molecule has 0 bridgehead atoms. The van der Waals surface area contributed by atoms with Crippen molar-refractivity contribution in [3.05, 3.63) is 46.8 Å². The summed E-state index contributed by atoms with van der Waals surface area (Å²) < 4.78 is 14.8. The number of hydrogen-bond acceptors (Lipinski definition) is 3. The van der Waals surface area contributed by atoms with Gasteiger partial charge in [0.05, 0.1) is 29.2 Å². The Bertz CT molecular complexity index is 506. The highest BCUT2D eigenvalue weighted by atomic mass is 35.5. The molecule has 0 fully saturated rings. The number of aromatic nitrogens is 3. The van der Waals surface area contributed by atoms with Crippen LogP contribution < -0.4 is 5.32 Å². The molecule has 0 aliphatic heterocycles. The molecule has 17 heavy (non-hydrogen) atoms. The Kier molecular flexibility index (Phi) is 3.40. The molecule has 1 N–H and O–H groups in total. The number of nitrogens with zero attached hydrogens (tertiary/aromatic N) is 3. The van der Waals surface area contributed by atoms with Crippen LogP contribution in [0.4, 0.5) is 4.39 Å². The topological polar surface area (TPSA) is 42.7 Å². The Morgan fingerprint density at radius 3 is 2.71 bits per heavy atom. The van der Waals surface area contributed by atoms with E-state index in [-0.39, 0.29) is 11.9 Å². The average molecular weight is 255 g/mol. The van der Waals surface area contributed by atoms with Gasteiger partial charge in [-0.05, 0) is 18.7 Å². The fraction of sp³-hybridized carbons (Fsp3) is 0.273. The summed E-state index contributed by atoms with van der Waals surface area (Å²) in [6, 6.07) is 1.19. The second-order valence-corrected chi connectivity index (χ2v) is 4.07. The third-order valence-corrected chi connectivity index (χ3v) is 2.85. The fourth-order valence-corrected chi connectivity index (χ4v) is 2.07. The quantitative estimate of drug-likeness (QED) is 0.910. The molecular formula is C11H12ClFN4. The SMILES string of the molecule is CNC(c1cncc(F)c1)c1c(Cl)cnn1C. The van der Waals surface area contributed by atoms with Gasteiger partial charge in [-0.3, -0.25) is 9.67 Å². The summed E-state index contributed by atoms with van der Waals surface area (Å²) in [5.41, 5.74) is 1.49. The van der Waals surface area contributed by atoms with Gasteiger partial charge in [0.25, 0.3) is 0 Å². The first-order valence-corrected chi connectivity index (χ1v) is 5.46. The van der Waals surface area contributed by atoms with E-state index in [1.807, 2.05) is 0 Å². The Balaban J connectivity index is 2.47. The predicted octanol–water partition coefficient (Wildman–Crippen LogP) is 1.92. The van der Waals surface area contributed by atoms with Gasteiger partial charge in [-0.2, -0.15) is 5.10 Å². The van der Waals surface area contributed by atoms with E-state index in [0.29, 0.717) is 10.6 Å². The number of pyridine rings is 1. The van der Waals surface area contributed by atoms with Crippen molar-refractivity contribution in [1.82, 2.24) is 20.1 Å². The largest absolute Gasteiger partial charge is 0.308 e. The third kappa shape index (κ3) is 2.30. The normalized spacial score (nSPS) is 12.7. The van der Waals surface area contributed by atoms with Crippen molar-refractivity contribution in [3.63, 3.8) is 0 Å². The van der Waals surface area contributed by atoms with E-state index in [0.717, 1.165) is 5.69 Å². The van der Waals surface area contributed by atoms with Crippen molar-refractivity contribution >= 4 is 11.6 Å². The summed E-state index contributed by atoms with van der Waals surface area (Å²) in [5.74, 6) is -0.374. The van der Waals surface area contributed by atoms with Crippen LogP contribution in [0.25, 0.3) is 0 Å². The molecule has 90 valence electrons. The summed E-state index contributed by atoms with van der Waals surface area (Å²) in [5, 5.41) is 7.68. The first-order valence-electron chi connectivity index (χ1n) is 5.08. The summed E-state index contributed by atoms with van der Waals surface area (Å²) >= 11 is 6.07. The maximum Gasteiger partial charge on any atom is 0.141 e. The van der Waals surface area contributed by atoms with Crippen LogP contribution in [0, 0.1) is 5.82 Å². The lowest BCUT2D eigenvalue weighted by molar-refractivity contribution is 0.586. The summed E-state index contributed by atoms with van der Waals surface area (Å²) in [6.45, 7) is 0. The minimum atomic E-state index is -0.374. The van der Waals surface area contributed by atoms with E-state index >= 15 is 0 Å². The molecule has 2 aromatic rings. The molecule has 2 heterocycles. The highest BCUT2D eigenvalue weighted by Gasteiger charge is 2.20. The fourth-order valence-electron chi connectivity index (χ4n) is 1.79. The van der Waals surface area contributed by atoms with Crippen LogP contribution in [-0.2, 0) is 7.05 Å². The maximum absolute atomic E-state index is 13.2. The molecule has 0 aliphatic rings. The monoisotopic (exact) mass is 254 g/mol. The van der Waals surface area contributed by atoms with Crippen LogP contribution in [0.1, 0.15) is 17.3 Å². The molecule has 6 heteroatoms. The molecule has 2 rings (SSSR count). The van der Waals surface area contributed by atoms with Crippen molar-refractivity contribution in [2.45, 2.75) is 6.04 Å². The van der Waals surface area contributed by atoms with Gasteiger partial charge >= 0.3 is 0 Å². The van der Waals surface area contributed by atoms with Gasteiger partial charge < -0.3 is 5.32 Å². The van der Waals surface area contributed by atoms with E-state index in [2.05, 4.69) is 15.4 Å². The molecule has 0 spiro atoms. The Hall–Kier alpha value is -1.46. The molecule has 4 nitrogen and oxygen atoms in total. The number of hydrogen-bond donors (Lipinski definition) is 1. The van der Waals surface area contributed by atoms with E-state index in [1.165, 1.54) is 12.3 Å². The minimum absolute atomic E-state index is 0.238. The molecule has 0 aromatic carbocycles. The average Bonchev–Trinajstić information content (AvgIpc) is 2.62. The molecule has 1 unspecified atom stereocenters. The maximum atomic E-state index is 13.2. The predicted molar refractivity (Wildman–Crippen MR) is 63.3 cm³/mol. The molecule has 0 saturated carbocycles. The number of halogens is 2. The highest BCUT2D eigenvalue weighted by molar-refractivity contribution is 6.31. The van der Waals surface area contributed by atoms with Crippen LogP contribution in [0.15, 0.2) is 24.7 Å². The van der Waals surface area contributed by atoms with Crippen molar-refractivity contribution < 1.29 is 4.39 Å². The molecule has 0 amide bonds. The number of aryl methyl sites for hydroxylation is 1. The summed E-state index contributed by atoms with van der Waals surface area (Å²) in [4.78, 5) is 3.83. The lowest BCUT2D eigenvalue weighted by atomic mass is 10.1. The van der Waals surface area contributed by atoms with E-state index < -0.39 is 0 Å². The summed E-state index contributed by atoms with van der Waals surface area (Å²) in [6.07, 6.45) is 4.34. The molecular weight excluding hydrogens is 243 g/mol. The Morgan fingerprint density at radius 2 is 2.18 bits per heavy atom. The standard InChI is InChI=1S/C11H12ClFN4/c1-14-10(7-3-8(13)5-15-4-7)11-9(12)6-16-17(11)2/h3-6,10,14H,1-2H3. The number of nitrogens with one attached hydrogen (secondary N) is 1. The van der Waals surface area contributed by atoms with Crippen molar-refractivity contribution in [1.29, 1.82) is 0 Å². The molecule has 0 aliphatic carbocycles. The first-order chi connectivity index (χ1) is 8.13. The van der Waals surface area contributed by atoms with Crippen LogP contribution in [0.2, 0.25) is 5.02 Å². The second kappa shape index (κ2) is 4.81. The second-order valence-electron chi connectivity index (χ2n) is 3.66. The minimum Gasteiger partial charge on any atom is -0.308 e. The molecule has 1 atom stereocenters. The van der Waals surface area contributed by atoms with E-state index in [9.17, 15) is 4.39 Å². The van der Waals surface area contributed by atoms with Crippen LogP contribution in [-0.4, -0.2) is 21.8 Å².